The molecule has 1 unspecified atom stereocenters. The first-order valence-corrected chi connectivity index (χ1v) is 9.14. The van der Waals surface area contributed by atoms with Crippen LogP contribution in [0.15, 0.2) is 35.6 Å². The van der Waals surface area contributed by atoms with E-state index in [1.54, 1.807) is 6.07 Å². The van der Waals surface area contributed by atoms with Crippen LogP contribution in [-0.4, -0.2) is 35.7 Å². The third-order valence-electron chi connectivity index (χ3n) is 3.51. The first-order chi connectivity index (χ1) is 11.6. The van der Waals surface area contributed by atoms with Gasteiger partial charge in [0.05, 0.1) is 10.9 Å². The predicted molar refractivity (Wildman–Crippen MR) is 116 cm³/mol. The number of nitrogens with one attached hydrogen (secondary N) is 2. The quantitative estimate of drug-likeness (QED) is 0.313. The minimum absolute atomic E-state index is 0. The van der Waals surface area contributed by atoms with E-state index in [2.05, 4.69) is 27.5 Å². The largest absolute Gasteiger partial charge is 0.386 e. The lowest BCUT2D eigenvalue weighted by Gasteiger charge is -2.13. The van der Waals surface area contributed by atoms with E-state index in [9.17, 15) is 5.11 Å². The Hall–Kier alpha value is -0.900. The molecule has 0 aliphatic carbocycles. The number of rotatable bonds is 7. The van der Waals surface area contributed by atoms with Crippen molar-refractivity contribution in [1.82, 2.24) is 15.6 Å². The average molecular weight is 495 g/mol. The van der Waals surface area contributed by atoms with Crippen molar-refractivity contribution in [3.8, 4) is 0 Å². The van der Waals surface area contributed by atoms with Crippen LogP contribution in [-0.2, 0) is 6.42 Å². The van der Waals surface area contributed by atoms with Crippen LogP contribution in [0.2, 0.25) is 4.34 Å². The highest BCUT2D eigenvalue weighted by Crippen LogP contribution is 2.26. The molecular formula is C17H24ClIN4OS. The van der Waals surface area contributed by atoms with Crippen molar-refractivity contribution in [3.05, 3.63) is 50.9 Å². The summed E-state index contributed by atoms with van der Waals surface area (Å²) >= 11 is 7.28. The van der Waals surface area contributed by atoms with Crippen LogP contribution >= 0.6 is 46.9 Å². The summed E-state index contributed by atoms with van der Waals surface area (Å²) in [6.07, 6.45) is 3.93. The molecule has 25 heavy (non-hydrogen) atoms. The van der Waals surface area contributed by atoms with Gasteiger partial charge in [-0.15, -0.1) is 35.3 Å². The van der Waals surface area contributed by atoms with Gasteiger partial charge in [0.25, 0.3) is 0 Å². The summed E-state index contributed by atoms with van der Waals surface area (Å²) in [6.45, 7) is 5.89. The van der Waals surface area contributed by atoms with E-state index in [1.165, 1.54) is 22.5 Å². The van der Waals surface area contributed by atoms with Crippen LogP contribution in [0.5, 0.6) is 0 Å². The van der Waals surface area contributed by atoms with Crippen LogP contribution in [0.25, 0.3) is 0 Å². The van der Waals surface area contributed by atoms with Crippen LogP contribution in [0.1, 0.15) is 29.0 Å². The van der Waals surface area contributed by atoms with Crippen LogP contribution in [0.4, 0.5) is 0 Å². The molecule has 0 bridgehead atoms. The maximum Gasteiger partial charge on any atom is 0.191 e. The highest BCUT2D eigenvalue weighted by Gasteiger charge is 2.10. The Morgan fingerprint density at radius 1 is 1.36 bits per heavy atom. The standard InChI is InChI=1S/C17H23ClN4OS.HI/c1-3-20-17(21-9-7-13-6-8-19-10-12(13)2)22-11-14(23)15-4-5-16(18)24-15;/h4-6,8,10,14,23H,3,7,9,11H2,1-2H3,(H2,20,21,22);1H. The summed E-state index contributed by atoms with van der Waals surface area (Å²) < 4.78 is 0.672. The van der Waals surface area contributed by atoms with Gasteiger partial charge in [0.15, 0.2) is 5.96 Å². The summed E-state index contributed by atoms with van der Waals surface area (Å²) in [4.78, 5) is 9.38. The number of aliphatic hydroxyl groups excluding tert-OH is 1. The van der Waals surface area contributed by atoms with E-state index >= 15 is 0 Å². The molecule has 0 aliphatic rings. The molecule has 3 N–H and O–H groups in total. The number of hydrogen-bond donors (Lipinski definition) is 3. The molecule has 0 saturated carbocycles. The molecule has 2 aromatic heterocycles. The summed E-state index contributed by atoms with van der Waals surface area (Å²) in [5.41, 5.74) is 2.45. The van der Waals surface area contributed by atoms with E-state index < -0.39 is 6.10 Å². The van der Waals surface area contributed by atoms with E-state index in [1.807, 2.05) is 31.5 Å². The molecule has 2 aromatic rings. The zero-order valence-corrected chi connectivity index (χ0v) is 18.2. The first kappa shape index (κ1) is 22.1. The van der Waals surface area contributed by atoms with Gasteiger partial charge in [0.2, 0.25) is 0 Å². The Kier molecular flexibility index (Phi) is 10.3. The molecule has 2 heterocycles. The lowest BCUT2D eigenvalue weighted by Crippen LogP contribution is -2.38. The molecule has 0 aromatic carbocycles. The Morgan fingerprint density at radius 3 is 2.80 bits per heavy atom. The molecule has 0 saturated heterocycles. The van der Waals surface area contributed by atoms with Gasteiger partial charge in [-0.1, -0.05) is 11.6 Å². The number of pyridine rings is 1. The van der Waals surface area contributed by atoms with Gasteiger partial charge in [-0.3, -0.25) is 9.98 Å². The third-order valence-corrected chi connectivity index (χ3v) is 4.84. The van der Waals surface area contributed by atoms with Crippen LogP contribution < -0.4 is 10.6 Å². The topological polar surface area (TPSA) is 69.5 Å². The van der Waals surface area contributed by atoms with Gasteiger partial charge in [-0.25, -0.2) is 0 Å². The van der Waals surface area contributed by atoms with Crippen molar-refractivity contribution >= 4 is 52.9 Å². The Bertz CT molecular complexity index is 680. The molecule has 0 spiro atoms. The fourth-order valence-electron chi connectivity index (χ4n) is 2.22. The molecule has 138 valence electrons. The van der Waals surface area contributed by atoms with E-state index in [0.717, 1.165) is 24.4 Å². The summed E-state index contributed by atoms with van der Waals surface area (Å²) in [5.74, 6) is 0.700. The van der Waals surface area contributed by atoms with E-state index in [0.29, 0.717) is 16.8 Å². The molecule has 1 atom stereocenters. The summed E-state index contributed by atoms with van der Waals surface area (Å²) in [5, 5.41) is 16.7. The second kappa shape index (κ2) is 11.7. The van der Waals surface area contributed by atoms with Crippen molar-refractivity contribution in [2.24, 2.45) is 4.99 Å². The van der Waals surface area contributed by atoms with Crippen molar-refractivity contribution in [2.45, 2.75) is 26.4 Å². The lowest BCUT2D eigenvalue weighted by atomic mass is 10.1. The zero-order valence-electron chi connectivity index (χ0n) is 14.3. The van der Waals surface area contributed by atoms with Gasteiger partial charge in [0.1, 0.15) is 6.10 Å². The third kappa shape index (κ3) is 7.47. The molecule has 0 aliphatic heterocycles. The average Bonchev–Trinajstić information content (AvgIpc) is 3.00. The lowest BCUT2D eigenvalue weighted by molar-refractivity contribution is 0.191. The number of hydrogen-bond acceptors (Lipinski definition) is 4. The summed E-state index contributed by atoms with van der Waals surface area (Å²) in [6, 6.07) is 5.65. The van der Waals surface area contributed by atoms with Gasteiger partial charge in [-0.05, 0) is 49.6 Å². The Morgan fingerprint density at radius 2 is 2.16 bits per heavy atom. The number of halogens is 2. The molecule has 0 fully saturated rings. The summed E-state index contributed by atoms with van der Waals surface area (Å²) in [7, 11) is 0. The van der Waals surface area contributed by atoms with Gasteiger partial charge < -0.3 is 15.7 Å². The number of thiophene rings is 1. The van der Waals surface area contributed by atoms with Crippen molar-refractivity contribution < 1.29 is 5.11 Å². The Balaban J connectivity index is 0.00000312. The molecule has 0 amide bonds. The second-order valence-corrected chi connectivity index (χ2v) is 7.10. The first-order valence-electron chi connectivity index (χ1n) is 7.95. The Labute approximate surface area is 175 Å². The van der Waals surface area contributed by atoms with Crippen molar-refractivity contribution in [2.75, 3.05) is 19.6 Å². The fourth-order valence-corrected chi connectivity index (χ4v) is 3.25. The normalized spacial score (nSPS) is 12.4. The predicted octanol–water partition coefficient (Wildman–Crippen LogP) is 3.55. The number of aliphatic imine (C=N–C) groups is 1. The number of aliphatic hydroxyl groups is 1. The molecule has 5 nitrogen and oxygen atoms in total. The number of aromatic nitrogens is 1. The monoisotopic (exact) mass is 494 g/mol. The minimum Gasteiger partial charge on any atom is -0.386 e. The number of aryl methyl sites for hydroxylation is 1. The molecular weight excluding hydrogens is 471 g/mol. The highest BCUT2D eigenvalue weighted by atomic mass is 127. The smallest absolute Gasteiger partial charge is 0.191 e. The maximum absolute atomic E-state index is 10.2. The fraction of sp³-hybridized carbons (Fsp3) is 0.412. The van der Waals surface area contributed by atoms with Gasteiger partial charge in [-0.2, -0.15) is 0 Å². The number of nitrogens with zero attached hydrogens (tertiary/aromatic N) is 2. The van der Waals surface area contributed by atoms with Crippen molar-refractivity contribution in [1.29, 1.82) is 0 Å². The molecule has 0 radical (unpaired) electrons. The van der Waals surface area contributed by atoms with Crippen LogP contribution in [0.3, 0.4) is 0 Å². The SMILES string of the molecule is CCNC(=NCC(O)c1ccc(Cl)s1)NCCc1ccncc1C.I. The zero-order chi connectivity index (χ0) is 17.4. The molecule has 2 rings (SSSR count). The second-order valence-electron chi connectivity index (χ2n) is 5.36. The number of guanidine groups is 1. The van der Waals surface area contributed by atoms with E-state index in [-0.39, 0.29) is 24.0 Å². The van der Waals surface area contributed by atoms with E-state index in [4.69, 9.17) is 11.6 Å². The minimum atomic E-state index is -0.639. The molecule has 8 heteroatoms. The van der Waals surface area contributed by atoms with Gasteiger partial charge >= 0.3 is 0 Å². The maximum atomic E-state index is 10.2. The highest BCUT2D eigenvalue weighted by molar-refractivity contribution is 14.0. The van der Waals surface area contributed by atoms with Crippen LogP contribution in [0, 0.1) is 6.92 Å². The van der Waals surface area contributed by atoms with Crippen molar-refractivity contribution in [3.63, 3.8) is 0 Å². The van der Waals surface area contributed by atoms with Gasteiger partial charge in [0, 0.05) is 30.4 Å².